The summed E-state index contributed by atoms with van der Waals surface area (Å²) < 4.78 is 11.3. The highest BCUT2D eigenvalue weighted by atomic mass is 16.5. The maximum Gasteiger partial charge on any atom is 0.164 e. The van der Waals surface area contributed by atoms with Gasteiger partial charge in [0.2, 0.25) is 0 Å². The number of hydrogen-bond donors (Lipinski definition) is 1. The summed E-state index contributed by atoms with van der Waals surface area (Å²) in [5, 5.41) is 7.51. The zero-order valence-corrected chi connectivity index (χ0v) is 14.1. The summed E-state index contributed by atoms with van der Waals surface area (Å²) in [6.45, 7) is 3.70. The zero-order valence-electron chi connectivity index (χ0n) is 14.1. The van der Waals surface area contributed by atoms with E-state index in [1.54, 1.807) is 7.11 Å². The Morgan fingerprint density at radius 1 is 1.43 bits per heavy atom. The molecule has 0 spiro atoms. The third-order valence-electron chi connectivity index (χ3n) is 4.39. The Morgan fingerprint density at radius 3 is 3.09 bits per heavy atom. The quantitative estimate of drug-likeness (QED) is 0.890. The number of nitrogens with one attached hydrogen (secondary N) is 1. The van der Waals surface area contributed by atoms with Crippen molar-refractivity contribution in [1.82, 2.24) is 15.1 Å². The lowest BCUT2D eigenvalue weighted by molar-refractivity contribution is 0.133. The second-order valence-electron chi connectivity index (χ2n) is 6.17. The minimum atomic E-state index is 0.354. The molecule has 5 heteroatoms. The molecule has 2 heterocycles. The van der Waals surface area contributed by atoms with E-state index in [0.717, 1.165) is 48.7 Å². The van der Waals surface area contributed by atoms with Gasteiger partial charge in [-0.3, -0.25) is 10.00 Å². The molecular weight excluding hydrogens is 290 g/mol. The van der Waals surface area contributed by atoms with Crippen molar-refractivity contribution < 1.29 is 9.47 Å². The Kier molecular flexibility index (Phi) is 4.86. The fraction of sp³-hybridized carbons (Fsp3) is 0.500. The number of para-hydroxylation sites is 1. The van der Waals surface area contributed by atoms with Crippen LogP contribution in [0.5, 0.6) is 11.5 Å². The number of fused-ring (bicyclic) bond motifs is 1. The van der Waals surface area contributed by atoms with Crippen molar-refractivity contribution in [2.24, 2.45) is 0 Å². The first kappa shape index (κ1) is 15.9. The fourth-order valence-electron chi connectivity index (χ4n) is 3.09. The lowest BCUT2D eigenvalue weighted by Gasteiger charge is -2.32. The van der Waals surface area contributed by atoms with E-state index in [4.69, 9.17) is 9.47 Å². The first-order chi connectivity index (χ1) is 11.2. The van der Waals surface area contributed by atoms with Gasteiger partial charge in [-0.2, -0.15) is 5.10 Å². The average Bonchev–Trinajstić information content (AvgIpc) is 3.01. The number of ether oxygens (including phenoxy) is 2. The van der Waals surface area contributed by atoms with E-state index < -0.39 is 0 Å². The van der Waals surface area contributed by atoms with E-state index >= 15 is 0 Å². The molecule has 3 rings (SSSR count). The zero-order chi connectivity index (χ0) is 16.2. The Labute approximate surface area is 137 Å². The SMILES string of the molecule is CCCc1cc(CN(C)[C@@H]2COc3c(cccc3OC)C2)[nH]n1. The van der Waals surface area contributed by atoms with Crippen LogP contribution in [0, 0.1) is 0 Å². The molecule has 0 fully saturated rings. The van der Waals surface area contributed by atoms with E-state index in [-0.39, 0.29) is 0 Å². The van der Waals surface area contributed by atoms with E-state index in [2.05, 4.69) is 41.2 Å². The van der Waals surface area contributed by atoms with E-state index in [0.29, 0.717) is 12.6 Å². The first-order valence-corrected chi connectivity index (χ1v) is 8.23. The van der Waals surface area contributed by atoms with Crippen molar-refractivity contribution in [3.8, 4) is 11.5 Å². The van der Waals surface area contributed by atoms with Gasteiger partial charge in [-0.25, -0.2) is 0 Å². The monoisotopic (exact) mass is 315 g/mol. The Hall–Kier alpha value is -2.01. The van der Waals surface area contributed by atoms with Crippen LogP contribution in [-0.2, 0) is 19.4 Å². The van der Waals surface area contributed by atoms with E-state index in [9.17, 15) is 0 Å². The summed E-state index contributed by atoms with van der Waals surface area (Å²) in [5.41, 5.74) is 3.52. The van der Waals surface area contributed by atoms with Crippen molar-refractivity contribution in [3.05, 3.63) is 41.2 Å². The number of rotatable bonds is 6. The molecule has 0 bridgehead atoms. The minimum Gasteiger partial charge on any atom is -0.493 e. The maximum atomic E-state index is 5.97. The van der Waals surface area contributed by atoms with Gasteiger partial charge in [-0.1, -0.05) is 25.5 Å². The summed E-state index contributed by atoms with van der Waals surface area (Å²) in [4.78, 5) is 2.33. The molecular formula is C18H25N3O2. The number of methoxy groups -OCH3 is 1. The highest BCUT2D eigenvalue weighted by molar-refractivity contribution is 5.48. The molecule has 1 aliphatic heterocycles. The second-order valence-corrected chi connectivity index (χ2v) is 6.17. The van der Waals surface area contributed by atoms with Crippen LogP contribution >= 0.6 is 0 Å². The third-order valence-corrected chi connectivity index (χ3v) is 4.39. The van der Waals surface area contributed by atoms with Crippen molar-refractivity contribution >= 4 is 0 Å². The molecule has 1 aromatic heterocycles. The number of nitrogens with zero attached hydrogens (tertiary/aromatic N) is 2. The summed E-state index contributed by atoms with van der Waals surface area (Å²) >= 11 is 0. The van der Waals surface area contributed by atoms with Gasteiger partial charge in [0.05, 0.1) is 12.8 Å². The van der Waals surface area contributed by atoms with Crippen molar-refractivity contribution in [2.45, 2.75) is 38.8 Å². The molecule has 1 N–H and O–H groups in total. The van der Waals surface area contributed by atoms with Gasteiger partial charge >= 0.3 is 0 Å². The van der Waals surface area contributed by atoms with Crippen LogP contribution in [0.4, 0.5) is 0 Å². The van der Waals surface area contributed by atoms with Crippen molar-refractivity contribution in [3.63, 3.8) is 0 Å². The summed E-state index contributed by atoms with van der Waals surface area (Å²) in [5.74, 6) is 1.72. The first-order valence-electron chi connectivity index (χ1n) is 8.23. The molecule has 0 unspecified atom stereocenters. The molecule has 124 valence electrons. The number of hydrogen-bond acceptors (Lipinski definition) is 4. The predicted octanol–water partition coefficient (Wildman–Crippen LogP) is 2.81. The second kappa shape index (κ2) is 7.04. The van der Waals surface area contributed by atoms with Crippen LogP contribution in [0.1, 0.15) is 30.3 Å². The van der Waals surface area contributed by atoms with Gasteiger partial charge in [0.25, 0.3) is 0 Å². The number of benzene rings is 1. The minimum absolute atomic E-state index is 0.354. The number of aromatic amines is 1. The van der Waals surface area contributed by atoms with Gasteiger partial charge in [-0.15, -0.1) is 0 Å². The number of aryl methyl sites for hydroxylation is 1. The molecule has 1 atom stereocenters. The van der Waals surface area contributed by atoms with Gasteiger partial charge < -0.3 is 9.47 Å². The largest absolute Gasteiger partial charge is 0.493 e. The molecule has 5 nitrogen and oxygen atoms in total. The van der Waals surface area contributed by atoms with Crippen molar-refractivity contribution in [1.29, 1.82) is 0 Å². The highest BCUT2D eigenvalue weighted by Gasteiger charge is 2.25. The highest BCUT2D eigenvalue weighted by Crippen LogP contribution is 2.35. The fourth-order valence-corrected chi connectivity index (χ4v) is 3.09. The molecule has 0 saturated heterocycles. The van der Waals surface area contributed by atoms with E-state index in [1.807, 2.05) is 12.1 Å². The summed E-state index contributed by atoms with van der Waals surface area (Å²) in [7, 11) is 3.82. The molecule has 1 aliphatic rings. The lowest BCUT2D eigenvalue weighted by Crippen LogP contribution is -2.40. The van der Waals surface area contributed by atoms with Gasteiger partial charge in [0, 0.05) is 18.3 Å². The molecule has 23 heavy (non-hydrogen) atoms. The van der Waals surface area contributed by atoms with Crippen LogP contribution in [0.15, 0.2) is 24.3 Å². The van der Waals surface area contributed by atoms with Crippen LogP contribution < -0.4 is 9.47 Å². The van der Waals surface area contributed by atoms with Crippen molar-refractivity contribution in [2.75, 3.05) is 20.8 Å². The smallest absolute Gasteiger partial charge is 0.164 e. The van der Waals surface area contributed by atoms with Crippen LogP contribution in [0.2, 0.25) is 0 Å². The molecule has 2 aromatic rings. The van der Waals surface area contributed by atoms with Gasteiger partial charge in [-0.05, 0) is 37.6 Å². The molecule has 0 saturated carbocycles. The molecule has 0 radical (unpaired) electrons. The van der Waals surface area contributed by atoms with E-state index in [1.165, 1.54) is 5.56 Å². The average molecular weight is 315 g/mol. The number of likely N-dealkylation sites (N-methyl/N-ethyl adjacent to an activating group) is 1. The normalized spacial score (nSPS) is 17.0. The summed E-state index contributed by atoms with van der Waals surface area (Å²) in [6.07, 6.45) is 3.12. The molecule has 1 aromatic carbocycles. The van der Waals surface area contributed by atoms with Gasteiger partial charge in [0.1, 0.15) is 6.61 Å². The molecule has 0 amide bonds. The van der Waals surface area contributed by atoms with Gasteiger partial charge in [0.15, 0.2) is 11.5 Å². The number of aromatic nitrogens is 2. The maximum absolute atomic E-state index is 5.97. The Bertz CT molecular complexity index is 653. The van der Waals surface area contributed by atoms with Crippen LogP contribution in [0.25, 0.3) is 0 Å². The van der Waals surface area contributed by atoms with Crippen LogP contribution in [-0.4, -0.2) is 41.9 Å². The number of H-pyrrole nitrogens is 1. The lowest BCUT2D eigenvalue weighted by atomic mass is 10.0. The topological polar surface area (TPSA) is 50.4 Å². The summed E-state index contributed by atoms with van der Waals surface area (Å²) in [6, 6.07) is 8.61. The Balaban J connectivity index is 1.65. The standard InChI is InChI=1S/C18H25N3O2/c1-4-6-14-10-15(20-19-14)11-21(2)16-9-13-7-5-8-17(22-3)18(13)23-12-16/h5,7-8,10,16H,4,6,9,11-12H2,1-3H3,(H,19,20)/t16-/m0/s1. The van der Waals surface area contributed by atoms with Crippen LogP contribution in [0.3, 0.4) is 0 Å². The predicted molar refractivity (Wildman–Crippen MR) is 90.0 cm³/mol. The Morgan fingerprint density at radius 2 is 2.30 bits per heavy atom. The third kappa shape index (κ3) is 3.50. The molecule has 0 aliphatic carbocycles.